The van der Waals surface area contributed by atoms with Crippen molar-refractivity contribution in [3.05, 3.63) is 198 Å². The largest absolute Gasteiger partial charge is 1.00 e. The number of carboxylic acid groups (broad SMARTS) is 2. The summed E-state index contributed by atoms with van der Waals surface area (Å²) in [5.74, 6) is -5.38. The SMILES string of the molecule is C.CC(=O)c1ccc(F)c(N)c1.CC(=O)c1ccc(F)c(NC(=O)c2cnc3ccccn23)c1.O=C(O)c1ccc(F)c(NC(=O)c2cnc3ccccn23)c1.O=C(O)c1cnc2ccccn12.[Li+].[OH-]. The van der Waals surface area contributed by atoms with Crippen molar-refractivity contribution in [1.29, 1.82) is 0 Å². The van der Waals surface area contributed by atoms with Crippen molar-refractivity contribution in [3.63, 3.8) is 0 Å². The maximum Gasteiger partial charge on any atom is 1.00 e. The van der Waals surface area contributed by atoms with Crippen molar-refractivity contribution < 1.29 is 76.5 Å². The Balaban J connectivity index is 0.000000254. The summed E-state index contributed by atoms with van der Waals surface area (Å²) in [4.78, 5) is 80.2. The molecule has 0 spiro atoms. The van der Waals surface area contributed by atoms with Crippen LogP contribution in [0.25, 0.3) is 16.9 Å². The number of carbonyl (C=O) groups is 6. The molecule has 0 saturated heterocycles. The van der Waals surface area contributed by atoms with Crippen LogP contribution >= 0.6 is 0 Å². The van der Waals surface area contributed by atoms with Gasteiger partial charge in [-0.05, 0) is 105 Å². The first-order valence-corrected chi connectivity index (χ1v) is 19.5. The minimum Gasteiger partial charge on any atom is -0.870 e. The van der Waals surface area contributed by atoms with Crippen molar-refractivity contribution in [2.24, 2.45) is 0 Å². The van der Waals surface area contributed by atoms with Gasteiger partial charge in [-0.2, -0.15) is 0 Å². The monoisotopic (exact) mass is 951 g/mol. The van der Waals surface area contributed by atoms with E-state index >= 15 is 0 Å². The number of anilines is 3. The van der Waals surface area contributed by atoms with Gasteiger partial charge in [0.05, 0.1) is 41.2 Å². The van der Waals surface area contributed by atoms with Gasteiger partial charge in [0.1, 0.15) is 45.8 Å². The summed E-state index contributed by atoms with van der Waals surface area (Å²) in [5, 5.41) is 22.5. The number of nitrogens with two attached hydrogens (primary N) is 1. The van der Waals surface area contributed by atoms with E-state index in [1.54, 1.807) is 75.9 Å². The molecule has 6 heterocycles. The van der Waals surface area contributed by atoms with Crippen molar-refractivity contribution in [3.8, 4) is 0 Å². The molecule has 0 aliphatic rings. The van der Waals surface area contributed by atoms with E-state index in [2.05, 4.69) is 25.6 Å². The minimum absolute atomic E-state index is 0. The zero-order valence-corrected chi connectivity index (χ0v) is 36.5. The number of nitrogens with zero attached hydrogens (tertiary/aromatic N) is 6. The van der Waals surface area contributed by atoms with Crippen LogP contribution in [0.5, 0.6) is 0 Å². The Labute approximate surface area is 407 Å². The third-order valence-corrected chi connectivity index (χ3v) is 9.42. The molecule has 0 bridgehead atoms. The smallest absolute Gasteiger partial charge is 0.870 e. The van der Waals surface area contributed by atoms with Gasteiger partial charge in [0.2, 0.25) is 0 Å². The fraction of sp³-hybridized carbons (Fsp3) is 0.0625. The molecule has 6 aromatic heterocycles. The average Bonchev–Trinajstić information content (AvgIpc) is 4.07. The Morgan fingerprint density at radius 1 is 0.514 bits per heavy atom. The van der Waals surface area contributed by atoms with Gasteiger partial charge >= 0.3 is 30.8 Å². The number of ketones is 2. The first-order valence-electron chi connectivity index (χ1n) is 19.5. The van der Waals surface area contributed by atoms with Gasteiger partial charge in [-0.25, -0.2) is 37.7 Å². The van der Waals surface area contributed by atoms with E-state index in [-0.39, 0.29) is 83.0 Å². The van der Waals surface area contributed by atoms with Crippen LogP contribution in [-0.4, -0.2) is 79.2 Å². The summed E-state index contributed by atoms with van der Waals surface area (Å²) in [6.45, 7) is 2.79. The molecule has 7 N–H and O–H groups in total. The molecule has 0 aliphatic carbocycles. The molecule has 2 amide bonds. The Hall–Kier alpha value is -8.90. The van der Waals surface area contributed by atoms with Crippen LogP contribution in [0.1, 0.15) is 83.8 Å². The number of rotatable bonds is 8. The Bertz CT molecular complexity index is 3210. The summed E-state index contributed by atoms with van der Waals surface area (Å²) in [7, 11) is 0. The first kappa shape index (κ1) is 55.4. The second-order valence-electron chi connectivity index (χ2n) is 14.0. The number of halogens is 3. The molecule has 0 saturated carbocycles. The second-order valence-corrected chi connectivity index (χ2v) is 14.0. The number of hydrogen-bond donors (Lipinski definition) is 5. The van der Waals surface area contributed by atoms with Gasteiger partial charge in [0, 0.05) is 29.7 Å². The van der Waals surface area contributed by atoms with Crippen LogP contribution in [0.4, 0.5) is 30.2 Å². The molecular formula is C48H41F3LiN9O9. The number of nitrogens with one attached hydrogen (secondary N) is 2. The molecular weight excluding hydrogens is 911 g/mol. The molecule has 9 aromatic rings. The maximum atomic E-state index is 13.8. The summed E-state index contributed by atoms with van der Waals surface area (Å²) < 4.78 is 44.7. The molecule has 0 atom stereocenters. The number of imidazole rings is 3. The normalized spacial score (nSPS) is 9.96. The molecule has 0 aliphatic heterocycles. The Morgan fingerprint density at radius 2 is 0.871 bits per heavy atom. The number of carboxylic acids is 2. The molecule has 9 rings (SSSR count). The summed E-state index contributed by atoms with van der Waals surface area (Å²) in [6.07, 6.45) is 9.14. The van der Waals surface area contributed by atoms with Gasteiger partial charge in [0.15, 0.2) is 17.3 Å². The summed E-state index contributed by atoms with van der Waals surface area (Å²) >= 11 is 0. The van der Waals surface area contributed by atoms with E-state index in [1.165, 1.54) is 67.2 Å². The molecule has 22 heteroatoms. The minimum atomic E-state index is -1.20. The van der Waals surface area contributed by atoms with E-state index < -0.39 is 41.2 Å². The molecule has 70 heavy (non-hydrogen) atoms. The van der Waals surface area contributed by atoms with E-state index in [0.29, 0.717) is 28.1 Å². The molecule has 354 valence electrons. The van der Waals surface area contributed by atoms with Crippen LogP contribution in [0, 0.1) is 17.5 Å². The number of hydrogen-bond acceptors (Lipinski definition) is 11. The van der Waals surface area contributed by atoms with Crippen molar-refractivity contribution in [2.75, 3.05) is 16.4 Å². The Morgan fingerprint density at radius 3 is 1.26 bits per heavy atom. The van der Waals surface area contributed by atoms with E-state index in [0.717, 1.165) is 24.3 Å². The number of nitrogen functional groups attached to an aromatic ring is 1. The number of carbonyl (C=O) groups excluding carboxylic acids is 4. The van der Waals surface area contributed by atoms with Crippen molar-refractivity contribution in [2.45, 2.75) is 21.3 Å². The first-order chi connectivity index (χ1) is 32.0. The molecule has 0 unspecified atom stereocenters. The number of Topliss-reactive ketones (excluding diaryl/α,β-unsaturated/α-hetero) is 2. The van der Waals surface area contributed by atoms with Crippen LogP contribution in [0.15, 0.2) is 146 Å². The number of aromatic nitrogens is 6. The van der Waals surface area contributed by atoms with Gasteiger partial charge in [0.25, 0.3) is 11.8 Å². The average molecular weight is 952 g/mol. The van der Waals surface area contributed by atoms with Crippen molar-refractivity contribution >= 4 is 69.3 Å². The number of fused-ring (bicyclic) bond motifs is 3. The molecule has 0 fully saturated rings. The number of pyridine rings is 3. The second kappa shape index (κ2) is 24.7. The summed E-state index contributed by atoms with van der Waals surface area (Å²) in [6, 6.07) is 26.9. The Kier molecular flexibility index (Phi) is 19.6. The van der Waals surface area contributed by atoms with E-state index in [1.807, 2.05) is 6.07 Å². The number of amides is 2. The zero-order valence-electron chi connectivity index (χ0n) is 36.5. The van der Waals surface area contributed by atoms with Crippen LogP contribution < -0.4 is 35.2 Å². The van der Waals surface area contributed by atoms with Crippen LogP contribution in [-0.2, 0) is 0 Å². The molecule has 0 radical (unpaired) electrons. The van der Waals surface area contributed by atoms with Gasteiger partial charge in [-0.3, -0.25) is 32.4 Å². The van der Waals surface area contributed by atoms with Gasteiger partial charge < -0.3 is 32.1 Å². The fourth-order valence-electron chi connectivity index (χ4n) is 6.02. The standard InChI is InChI=1S/C16H12FN3O2.C15H10FN3O3.C8H8FNO.C8H6N2O2.CH4.Li.H2O/c1-10(21)11-5-6-12(17)13(8-11)19-16(22)14-9-18-15-4-2-3-7-20(14)15;16-10-5-4-9(15(21)22)7-11(10)18-14(20)12-8-17-13-3-1-2-6-19(12)13;1-5(11)6-2-3-7(9)8(10)4-6;11-8(12)6-5-9-7-3-1-2-4-10(6)7;;;/h2-9H,1H3,(H,19,22);1-8H,(H,18,20)(H,21,22);2-4H,10H2,1H3;1-5H,(H,11,12);1H4;;1H2/q;;;;;+1;/p-1. The molecule has 18 nitrogen and oxygen atoms in total. The third-order valence-electron chi connectivity index (χ3n) is 9.42. The number of aromatic carboxylic acids is 2. The fourth-order valence-corrected chi connectivity index (χ4v) is 6.02. The van der Waals surface area contributed by atoms with Gasteiger partial charge in [-0.15, -0.1) is 0 Å². The van der Waals surface area contributed by atoms with Crippen LogP contribution in [0.2, 0.25) is 0 Å². The topological polar surface area (TPSA) is 275 Å². The van der Waals surface area contributed by atoms with Gasteiger partial charge in [-0.1, -0.05) is 25.6 Å². The maximum absolute atomic E-state index is 13.8. The molecule has 3 aromatic carbocycles. The quantitative estimate of drug-likeness (QED) is 0.0720. The summed E-state index contributed by atoms with van der Waals surface area (Å²) in [5.41, 5.74) is 8.18. The number of benzene rings is 3. The van der Waals surface area contributed by atoms with E-state index in [9.17, 15) is 41.9 Å². The third kappa shape index (κ3) is 13.4. The zero-order chi connectivity index (χ0) is 48.4. The van der Waals surface area contributed by atoms with Crippen LogP contribution in [0.3, 0.4) is 0 Å². The predicted molar refractivity (Wildman–Crippen MR) is 248 cm³/mol. The predicted octanol–water partition coefficient (Wildman–Crippen LogP) is 5.46. The van der Waals surface area contributed by atoms with E-state index in [4.69, 9.17) is 15.9 Å². The van der Waals surface area contributed by atoms with Crippen molar-refractivity contribution in [1.82, 2.24) is 28.2 Å².